The third-order valence-corrected chi connectivity index (χ3v) is 4.49. The van der Waals surface area contributed by atoms with Gasteiger partial charge in [-0.2, -0.15) is 0 Å². The maximum atomic E-state index is 10.5. The van der Waals surface area contributed by atoms with Gasteiger partial charge in [0.2, 0.25) is 0 Å². The van der Waals surface area contributed by atoms with E-state index in [1.54, 1.807) is 7.11 Å². The molecule has 2 N–H and O–H groups in total. The SMILES string of the molecule is COc1ccc(C(O)CNC2CCCOc3ccc(C)cc32)cc1. The van der Waals surface area contributed by atoms with Crippen LogP contribution in [-0.4, -0.2) is 25.4 Å². The minimum absolute atomic E-state index is 0.204. The zero-order chi connectivity index (χ0) is 16.9. The van der Waals surface area contributed by atoms with Crippen LogP contribution >= 0.6 is 0 Å². The minimum Gasteiger partial charge on any atom is -0.497 e. The zero-order valence-corrected chi connectivity index (χ0v) is 14.3. The molecule has 2 atom stereocenters. The first kappa shape index (κ1) is 16.8. The summed E-state index contributed by atoms with van der Waals surface area (Å²) in [6.45, 7) is 3.34. The predicted octanol–water partition coefficient (Wildman–Crippen LogP) is 3.54. The number of fused-ring (bicyclic) bond motifs is 1. The average Bonchev–Trinajstić information content (AvgIpc) is 2.81. The highest BCUT2D eigenvalue weighted by Gasteiger charge is 2.20. The van der Waals surface area contributed by atoms with Gasteiger partial charge in [0.05, 0.1) is 19.8 Å². The third kappa shape index (κ3) is 3.89. The molecule has 0 radical (unpaired) electrons. The molecule has 0 saturated carbocycles. The number of benzene rings is 2. The maximum absolute atomic E-state index is 10.5. The van der Waals surface area contributed by atoms with Crippen LogP contribution in [0.1, 0.15) is 41.7 Å². The van der Waals surface area contributed by atoms with Gasteiger partial charge in [-0.1, -0.05) is 29.8 Å². The van der Waals surface area contributed by atoms with E-state index in [1.807, 2.05) is 30.3 Å². The molecule has 0 amide bonds. The first-order valence-corrected chi connectivity index (χ1v) is 8.46. The number of nitrogens with one attached hydrogen (secondary N) is 1. The number of aliphatic hydroxyl groups is 1. The van der Waals surface area contributed by atoms with Crippen molar-refractivity contribution in [2.45, 2.75) is 31.9 Å². The summed E-state index contributed by atoms with van der Waals surface area (Å²) in [5, 5.41) is 14.0. The smallest absolute Gasteiger partial charge is 0.124 e. The van der Waals surface area contributed by atoms with Crippen molar-refractivity contribution < 1.29 is 14.6 Å². The number of aliphatic hydroxyl groups excluding tert-OH is 1. The van der Waals surface area contributed by atoms with Gasteiger partial charge in [-0.3, -0.25) is 0 Å². The lowest BCUT2D eigenvalue weighted by Gasteiger charge is -2.21. The Morgan fingerprint density at radius 3 is 2.79 bits per heavy atom. The predicted molar refractivity (Wildman–Crippen MR) is 94.6 cm³/mol. The first-order chi connectivity index (χ1) is 11.7. The Morgan fingerprint density at radius 1 is 1.25 bits per heavy atom. The Bertz CT molecular complexity index is 669. The van der Waals surface area contributed by atoms with Crippen molar-refractivity contribution in [1.82, 2.24) is 5.32 Å². The van der Waals surface area contributed by atoms with Crippen LogP contribution in [0.4, 0.5) is 0 Å². The highest BCUT2D eigenvalue weighted by molar-refractivity contribution is 5.40. The summed E-state index contributed by atoms with van der Waals surface area (Å²) in [5.41, 5.74) is 3.30. The van der Waals surface area contributed by atoms with Crippen LogP contribution in [0.25, 0.3) is 0 Å². The Labute approximate surface area is 143 Å². The van der Waals surface area contributed by atoms with E-state index in [9.17, 15) is 5.11 Å². The van der Waals surface area contributed by atoms with Gasteiger partial charge in [-0.05, 0) is 43.5 Å². The Morgan fingerprint density at radius 2 is 2.04 bits per heavy atom. The summed E-state index contributed by atoms with van der Waals surface area (Å²) in [4.78, 5) is 0. The van der Waals surface area contributed by atoms with Gasteiger partial charge in [0, 0.05) is 18.2 Å². The fourth-order valence-corrected chi connectivity index (χ4v) is 3.11. The van der Waals surface area contributed by atoms with Crippen molar-refractivity contribution in [3.05, 3.63) is 59.2 Å². The molecule has 4 heteroatoms. The van der Waals surface area contributed by atoms with E-state index in [4.69, 9.17) is 9.47 Å². The van der Waals surface area contributed by atoms with Crippen molar-refractivity contribution in [3.63, 3.8) is 0 Å². The van der Waals surface area contributed by atoms with Crippen LogP contribution < -0.4 is 14.8 Å². The second-order valence-corrected chi connectivity index (χ2v) is 6.28. The monoisotopic (exact) mass is 327 g/mol. The lowest BCUT2D eigenvalue weighted by molar-refractivity contribution is 0.169. The molecular formula is C20H25NO3. The molecule has 0 fully saturated rings. The van der Waals surface area contributed by atoms with Crippen LogP contribution in [0.2, 0.25) is 0 Å². The van der Waals surface area contributed by atoms with Gasteiger partial charge < -0.3 is 19.9 Å². The van der Waals surface area contributed by atoms with E-state index >= 15 is 0 Å². The number of aryl methyl sites for hydroxylation is 1. The summed E-state index contributed by atoms with van der Waals surface area (Å²) in [6, 6.07) is 14.1. The Balaban J connectivity index is 1.68. The van der Waals surface area contributed by atoms with E-state index in [-0.39, 0.29) is 6.04 Å². The van der Waals surface area contributed by atoms with E-state index in [0.29, 0.717) is 6.54 Å². The molecule has 0 spiro atoms. The summed E-state index contributed by atoms with van der Waals surface area (Å²) in [6.07, 6.45) is 1.46. The topological polar surface area (TPSA) is 50.7 Å². The van der Waals surface area contributed by atoms with Gasteiger partial charge >= 0.3 is 0 Å². The standard InChI is InChI=1S/C20H25NO3/c1-14-5-10-20-17(12-14)18(4-3-11-24-20)21-13-19(22)15-6-8-16(23-2)9-7-15/h5-10,12,18-19,21-22H,3-4,11,13H2,1-2H3. The van der Waals surface area contributed by atoms with E-state index < -0.39 is 6.10 Å². The van der Waals surface area contributed by atoms with Gasteiger partial charge in [0.1, 0.15) is 11.5 Å². The van der Waals surface area contributed by atoms with Crippen LogP contribution in [0, 0.1) is 6.92 Å². The second kappa shape index (κ2) is 7.69. The molecule has 0 aliphatic carbocycles. The molecule has 2 aromatic carbocycles. The summed E-state index contributed by atoms with van der Waals surface area (Å²) >= 11 is 0. The van der Waals surface area contributed by atoms with Gasteiger partial charge in [-0.25, -0.2) is 0 Å². The number of ether oxygens (including phenoxy) is 2. The molecule has 2 aromatic rings. The minimum atomic E-state index is -0.548. The molecule has 24 heavy (non-hydrogen) atoms. The maximum Gasteiger partial charge on any atom is 0.124 e. The van der Waals surface area contributed by atoms with Crippen LogP contribution in [-0.2, 0) is 0 Å². The van der Waals surface area contributed by atoms with Crippen molar-refractivity contribution in [1.29, 1.82) is 0 Å². The molecule has 1 heterocycles. The first-order valence-electron chi connectivity index (χ1n) is 8.46. The fourth-order valence-electron chi connectivity index (χ4n) is 3.11. The molecule has 2 unspecified atom stereocenters. The lowest BCUT2D eigenvalue weighted by Crippen LogP contribution is -2.26. The normalized spacial score (nSPS) is 18.2. The molecule has 128 valence electrons. The average molecular weight is 327 g/mol. The largest absolute Gasteiger partial charge is 0.497 e. The van der Waals surface area contributed by atoms with E-state index in [1.165, 1.54) is 11.1 Å². The second-order valence-electron chi connectivity index (χ2n) is 6.28. The molecule has 0 aromatic heterocycles. The molecule has 0 saturated heterocycles. The Hall–Kier alpha value is -2.04. The number of hydrogen-bond donors (Lipinski definition) is 2. The molecule has 1 aliphatic rings. The molecule has 3 rings (SSSR count). The number of hydrogen-bond acceptors (Lipinski definition) is 4. The molecule has 1 aliphatic heterocycles. The zero-order valence-electron chi connectivity index (χ0n) is 14.3. The van der Waals surface area contributed by atoms with Gasteiger partial charge in [0.25, 0.3) is 0 Å². The summed E-state index contributed by atoms with van der Waals surface area (Å²) < 4.78 is 11.0. The van der Waals surface area contributed by atoms with Crippen molar-refractivity contribution >= 4 is 0 Å². The van der Waals surface area contributed by atoms with Crippen molar-refractivity contribution in [2.24, 2.45) is 0 Å². The van der Waals surface area contributed by atoms with E-state index in [0.717, 1.165) is 36.5 Å². The number of methoxy groups -OCH3 is 1. The van der Waals surface area contributed by atoms with Crippen LogP contribution in [0.15, 0.2) is 42.5 Å². The third-order valence-electron chi connectivity index (χ3n) is 4.49. The van der Waals surface area contributed by atoms with Gasteiger partial charge in [-0.15, -0.1) is 0 Å². The van der Waals surface area contributed by atoms with E-state index in [2.05, 4.69) is 24.4 Å². The van der Waals surface area contributed by atoms with Crippen molar-refractivity contribution in [3.8, 4) is 11.5 Å². The number of rotatable bonds is 5. The van der Waals surface area contributed by atoms with Gasteiger partial charge in [0.15, 0.2) is 0 Å². The van der Waals surface area contributed by atoms with Crippen LogP contribution in [0.5, 0.6) is 11.5 Å². The van der Waals surface area contributed by atoms with Crippen LogP contribution in [0.3, 0.4) is 0 Å². The quantitative estimate of drug-likeness (QED) is 0.882. The molecule has 0 bridgehead atoms. The lowest BCUT2D eigenvalue weighted by atomic mass is 9.99. The summed E-state index contributed by atoms with van der Waals surface area (Å²) in [5.74, 6) is 1.75. The fraction of sp³-hybridized carbons (Fsp3) is 0.400. The summed E-state index contributed by atoms with van der Waals surface area (Å²) in [7, 11) is 1.64. The molecule has 4 nitrogen and oxygen atoms in total. The highest BCUT2D eigenvalue weighted by atomic mass is 16.5. The van der Waals surface area contributed by atoms with Crippen molar-refractivity contribution in [2.75, 3.05) is 20.3 Å². The Kier molecular flexibility index (Phi) is 5.38. The molecular weight excluding hydrogens is 302 g/mol. The highest BCUT2D eigenvalue weighted by Crippen LogP contribution is 2.32.